The van der Waals surface area contributed by atoms with Crippen LogP contribution in [0.3, 0.4) is 0 Å². The van der Waals surface area contributed by atoms with E-state index in [4.69, 9.17) is 0 Å². The van der Waals surface area contributed by atoms with Crippen molar-refractivity contribution in [3.63, 3.8) is 0 Å². The molecule has 2 saturated heterocycles. The normalized spacial score (nSPS) is 25.4. The maximum atomic E-state index is 13.1. The monoisotopic (exact) mass is 371 g/mol. The van der Waals surface area contributed by atoms with Crippen LogP contribution in [0.5, 0.6) is 0 Å². The Morgan fingerprint density at radius 3 is 2.74 bits per heavy atom. The first-order valence-corrected chi connectivity index (χ1v) is 10.2. The van der Waals surface area contributed by atoms with Gasteiger partial charge < -0.3 is 14.4 Å². The highest BCUT2D eigenvalue weighted by molar-refractivity contribution is 5.86. The summed E-state index contributed by atoms with van der Waals surface area (Å²) in [7, 11) is 0. The molecule has 1 spiro atoms. The van der Waals surface area contributed by atoms with Crippen molar-refractivity contribution in [3.8, 4) is 0 Å². The van der Waals surface area contributed by atoms with Crippen molar-refractivity contribution < 1.29 is 9.59 Å². The number of carbonyl (C=O) groups excluding carboxylic acids is 2. The molecule has 27 heavy (non-hydrogen) atoms. The van der Waals surface area contributed by atoms with Crippen LogP contribution >= 0.6 is 0 Å². The van der Waals surface area contributed by atoms with Crippen LogP contribution in [0.15, 0.2) is 23.0 Å². The van der Waals surface area contributed by atoms with E-state index in [-0.39, 0.29) is 22.8 Å². The fraction of sp³-hybridized carbons (Fsp3) is 0.667. The van der Waals surface area contributed by atoms with Crippen LogP contribution in [0, 0.1) is 18.3 Å². The zero-order chi connectivity index (χ0) is 19.0. The Kier molecular flexibility index (Phi) is 4.82. The number of nitrogens with zero attached hydrogens (tertiary/aromatic N) is 3. The molecule has 1 atom stereocenters. The minimum atomic E-state index is -0.359. The van der Waals surface area contributed by atoms with Gasteiger partial charge in [-0.1, -0.05) is 6.07 Å². The highest BCUT2D eigenvalue weighted by Gasteiger charge is 2.49. The van der Waals surface area contributed by atoms with E-state index in [2.05, 4.69) is 4.90 Å². The zero-order valence-electron chi connectivity index (χ0n) is 16.2. The number of pyridine rings is 1. The highest BCUT2D eigenvalue weighted by Crippen LogP contribution is 2.41. The van der Waals surface area contributed by atoms with Gasteiger partial charge in [0, 0.05) is 50.9 Å². The Balaban J connectivity index is 1.37. The predicted molar refractivity (Wildman–Crippen MR) is 102 cm³/mol. The van der Waals surface area contributed by atoms with Crippen LogP contribution in [0.25, 0.3) is 0 Å². The summed E-state index contributed by atoms with van der Waals surface area (Å²) in [4.78, 5) is 41.7. The van der Waals surface area contributed by atoms with Crippen molar-refractivity contribution in [2.75, 3.05) is 26.2 Å². The van der Waals surface area contributed by atoms with E-state index in [1.54, 1.807) is 10.6 Å². The second-order valence-electron chi connectivity index (χ2n) is 8.55. The molecule has 2 aliphatic heterocycles. The van der Waals surface area contributed by atoms with E-state index in [1.807, 2.05) is 17.9 Å². The molecule has 6 heteroatoms. The van der Waals surface area contributed by atoms with E-state index in [1.165, 1.54) is 18.9 Å². The van der Waals surface area contributed by atoms with Crippen LogP contribution < -0.4 is 5.56 Å². The van der Waals surface area contributed by atoms with Crippen molar-refractivity contribution in [2.24, 2.45) is 11.3 Å². The fourth-order valence-electron chi connectivity index (χ4n) is 4.68. The van der Waals surface area contributed by atoms with Gasteiger partial charge in [-0.05, 0) is 51.0 Å². The number of aromatic nitrogens is 1. The van der Waals surface area contributed by atoms with Gasteiger partial charge in [-0.3, -0.25) is 14.4 Å². The van der Waals surface area contributed by atoms with Gasteiger partial charge in [0.2, 0.25) is 11.8 Å². The van der Waals surface area contributed by atoms with Gasteiger partial charge >= 0.3 is 0 Å². The van der Waals surface area contributed by atoms with Crippen molar-refractivity contribution >= 4 is 11.8 Å². The molecule has 0 radical (unpaired) electrons. The molecule has 1 aromatic rings. The van der Waals surface area contributed by atoms with Gasteiger partial charge in [0.15, 0.2) is 0 Å². The quantitative estimate of drug-likeness (QED) is 0.793. The summed E-state index contributed by atoms with van der Waals surface area (Å²) in [5.74, 6) is 1.02. The van der Waals surface area contributed by atoms with E-state index < -0.39 is 0 Å². The molecule has 1 aromatic heterocycles. The number of hydrogen-bond donors (Lipinski definition) is 0. The highest BCUT2D eigenvalue weighted by atomic mass is 16.2. The van der Waals surface area contributed by atoms with E-state index in [0.717, 1.165) is 38.0 Å². The number of rotatable bonds is 5. The minimum Gasteiger partial charge on any atom is -0.342 e. The minimum absolute atomic E-state index is 0.0501. The number of likely N-dealkylation sites (tertiary alicyclic amines) is 2. The van der Waals surface area contributed by atoms with Crippen LogP contribution in [0.4, 0.5) is 0 Å². The number of carbonyl (C=O) groups is 2. The van der Waals surface area contributed by atoms with Gasteiger partial charge in [0.05, 0.1) is 5.41 Å². The Hall–Kier alpha value is -2.11. The molecular formula is C21H29N3O3. The maximum Gasteiger partial charge on any atom is 0.250 e. The molecule has 0 N–H and O–H groups in total. The second kappa shape index (κ2) is 7.13. The first-order valence-electron chi connectivity index (χ1n) is 10.2. The Morgan fingerprint density at radius 2 is 2.00 bits per heavy atom. The third kappa shape index (κ3) is 3.66. The summed E-state index contributed by atoms with van der Waals surface area (Å²) < 4.78 is 1.65. The van der Waals surface area contributed by atoms with E-state index in [9.17, 15) is 14.4 Å². The number of piperidine rings is 1. The Bertz CT molecular complexity index is 798. The molecule has 0 aromatic carbocycles. The topological polar surface area (TPSA) is 62.6 Å². The lowest BCUT2D eigenvalue weighted by atomic mass is 9.78. The summed E-state index contributed by atoms with van der Waals surface area (Å²) in [6.45, 7) is 5.27. The van der Waals surface area contributed by atoms with Crippen LogP contribution in [0.1, 0.15) is 44.2 Å². The van der Waals surface area contributed by atoms with Crippen LogP contribution in [-0.2, 0) is 16.1 Å². The van der Waals surface area contributed by atoms with E-state index >= 15 is 0 Å². The van der Waals surface area contributed by atoms with Crippen molar-refractivity contribution in [1.29, 1.82) is 0 Å². The summed E-state index contributed by atoms with van der Waals surface area (Å²) in [6.07, 6.45) is 5.52. The standard InChI is InChI=1S/C21H29N3O3/c1-16-4-2-5-19(26)24(16)12-8-18(25)23-13-10-21(15-23)9-3-11-22(20(21)27)14-17-6-7-17/h2,4-5,17H,3,6-15H2,1H3/t21-/m1/s1. The molecule has 0 bridgehead atoms. The SMILES string of the molecule is Cc1cccc(=O)n1CCC(=O)N1CC[C@]2(CCCN(CC3CC3)C2=O)C1. The first-order chi connectivity index (χ1) is 13.0. The molecule has 146 valence electrons. The van der Waals surface area contributed by atoms with Crippen molar-refractivity contribution in [3.05, 3.63) is 34.2 Å². The number of aryl methyl sites for hydroxylation is 1. The van der Waals surface area contributed by atoms with Crippen LogP contribution in [-0.4, -0.2) is 52.4 Å². The lowest BCUT2D eigenvalue weighted by molar-refractivity contribution is -0.146. The average Bonchev–Trinajstić information content (AvgIpc) is 3.36. The zero-order valence-corrected chi connectivity index (χ0v) is 16.2. The fourth-order valence-corrected chi connectivity index (χ4v) is 4.68. The van der Waals surface area contributed by atoms with Gasteiger partial charge in [-0.2, -0.15) is 0 Å². The third-order valence-corrected chi connectivity index (χ3v) is 6.52. The van der Waals surface area contributed by atoms with Gasteiger partial charge in [0.25, 0.3) is 5.56 Å². The maximum absolute atomic E-state index is 13.1. The summed E-state index contributed by atoms with van der Waals surface area (Å²) in [5, 5.41) is 0. The molecule has 6 nitrogen and oxygen atoms in total. The number of hydrogen-bond acceptors (Lipinski definition) is 3. The van der Waals surface area contributed by atoms with Gasteiger partial charge in [-0.25, -0.2) is 0 Å². The van der Waals surface area contributed by atoms with Gasteiger partial charge in [-0.15, -0.1) is 0 Å². The van der Waals surface area contributed by atoms with Crippen LogP contribution in [0.2, 0.25) is 0 Å². The predicted octanol–water partition coefficient (Wildman–Crippen LogP) is 1.80. The van der Waals surface area contributed by atoms with Crippen molar-refractivity contribution in [2.45, 2.75) is 52.0 Å². The molecule has 1 aliphatic carbocycles. The first kappa shape index (κ1) is 18.3. The van der Waals surface area contributed by atoms with Gasteiger partial charge in [0.1, 0.15) is 0 Å². The summed E-state index contributed by atoms with van der Waals surface area (Å²) in [6, 6.07) is 5.14. The second-order valence-corrected chi connectivity index (χ2v) is 8.55. The molecule has 1 saturated carbocycles. The van der Waals surface area contributed by atoms with E-state index in [0.29, 0.717) is 32.0 Å². The molecule has 3 aliphatic rings. The molecular weight excluding hydrogens is 342 g/mol. The van der Waals surface area contributed by atoms with Crippen molar-refractivity contribution in [1.82, 2.24) is 14.4 Å². The lowest BCUT2D eigenvalue weighted by Crippen LogP contribution is -2.51. The third-order valence-electron chi connectivity index (χ3n) is 6.52. The molecule has 3 fully saturated rings. The molecule has 4 rings (SSSR count). The Labute approximate surface area is 160 Å². The summed E-state index contributed by atoms with van der Waals surface area (Å²) >= 11 is 0. The molecule has 2 amide bonds. The average molecular weight is 371 g/mol. The largest absolute Gasteiger partial charge is 0.342 e. The summed E-state index contributed by atoms with van der Waals surface area (Å²) in [5.41, 5.74) is 0.438. The smallest absolute Gasteiger partial charge is 0.250 e. The lowest BCUT2D eigenvalue weighted by Gasteiger charge is -2.39. The molecule has 3 heterocycles. The Morgan fingerprint density at radius 1 is 1.19 bits per heavy atom. The number of amides is 2. The molecule has 0 unspecified atom stereocenters.